The molecule has 0 saturated heterocycles. The topological polar surface area (TPSA) is 111 Å². The normalized spacial score (nSPS) is 10.7. The quantitative estimate of drug-likeness (QED) is 0.489. The first-order valence-corrected chi connectivity index (χ1v) is 9.99. The highest BCUT2D eigenvalue weighted by Gasteiger charge is 2.15. The number of nitrogens with zero attached hydrogens (tertiary/aromatic N) is 4. The smallest absolute Gasteiger partial charge is 0.254 e. The van der Waals surface area contributed by atoms with Gasteiger partial charge in [0.05, 0.1) is 24.0 Å². The molecule has 0 unspecified atom stereocenters. The number of carbonyl (C=O) groups excluding carboxylic acids is 1. The largest absolute Gasteiger partial charge is 0.365 e. The molecule has 4 N–H and O–H groups in total. The lowest BCUT2D eigenvalue weighted by Gasteiger charge is -2.12. The number of anilines is 3. The fourth-order valence-electron chi connectivity index (χ4n) is 2.49. The maximum absolute atomic E-state index is 13.8. The van der Waals surface area contributed by atoms with E-state index in [1.165, 1.54) is 12.3 Å². The number of halogens is 2. The average molecular weight is 419 g/mol. The van der Waals surface area contributed by atoms with E-state index in [1.807, 2.05) is 6.26 Å². The van der Waals surface area contributed by atoms with Crippen molar-refractivity contribution in [3.63, 3.8) is 0 Å². The minimum absolute atomic E-state index is 0.00274. The van der Waals surface area contributed by atoms with E-state index >= 15 is 0 Å². The Morgan fingerprint density at radius 1 is 1.28 bits per heavy atom. The third kappa shape index (κ3) is 5.19. The Balaban J connectivity index is 1.79. The Bertz CT molecular complexity index is 991. The van der Waals surface area contributed by atoms with Crippen molar-refractivity contribution in [1.29, 1.82) is 0 Å². The highest BCUT2D eigenvalue weighted by molar-refractivity contribution is 7.98. The standard InChI is InChI=1S/C18H19F2N7OS/c1-29-6-5-27-10-11(7-24-27)25-18-23-9-13(16(21)28)17(26-18)22-8-12-14(19)3-2-4-15(12)20/h2-4,7,9-10H,5-6,8H2,1H3,(H2,21,28)(H2,22,23,25,26). The summed E-state index contributed by atoms with van der Waals surface area (Å²) < 4.78 is 29.5. The zero-order chi connectivity index (χ0) is 20.8. The summed E-state index contributed by atoms with van der Waals surface area (Å²) in [4.78, 5) is 19.9. The molecule has 11 heteroatoms. The van der Waals surface area contributed by atoms with E-state index in [-0.39, 0.29) is 29.4 Å². The van der Waals surface area contributed by atoms with Gasteiger partial charge in [-0.25, -0.2) is 13.8 Å². The van der Waals surface area contributed by atoms with Crippen LogP contribution in [0.3, 0.4) is 0 Å². The fourth-order valence-corrected chi connectivity index (χ4v) is 2.86. The van der Waals surface area contributed by atoms with Gasteiger partial charge in [-0.1, -0.05) is 6.07 Å². The van der Waals surface area contributed by atoms with Gasteiger partial charge in [-0.3, -0.25) is 9.48 Å². The highest BCUT2D eigenvalue weighted by Crippen LogP contribution is 2.19. The Kier molecular flexibility index (Phi) is 6.60. The molecule has 8 nitrogen and oxygen atoms in total. The zero-order valence-electron chi connectivity index (χ0n) is 15.5. The van der Waals surface area contributed by atoms with Crippen LogP contribution in [0.2, 0.25) is 0 Å². The number of benzene rings is 1. The van der Waals surface area contributed by atoms with Gasteiger partial charge in [-0.15, -0.1) is 0 Å². The van der Waals surface area contributed by atoms with Gasteiger partial charge in [-0.05, 0) is 18.4 Å². The molecule has 2 aromatic heterocycles. The summed E-state index contributed by atoms with van der Waals surface area (Å²) in [6, 6.07) is 3.57. The average Bonchev–Trinajstić information content (AvgIpc) is 3.13. The zero-order valence-corrected chi connectivity index (χ0v) is 16.3. The number of amides is 1. The monoisotopic (exact) mass is 419 g/mol. The first kappa shape index (κ1) is 20.5. The lowest BCUT2D eigenvalue weighted by atomic mass is 10.2. The molecule has 0 aliphatic rings. The molecule has 2 heterocycles. The van der Waals surface area contributed by atoms with Gasteiger partial charge in [0.1, 0.15) is 17.5 Å². The second-order valence-corrected chi connectivity index (χ2v) is 6.97. The van der Waals surface area contributed by atoms with Crippen molar-refractivity contribution in [3.05, 3.63) is 59.6 Å². The van der Waals surface area contributed by atoms with E-state index in [4.69, 9.17) is 5.73 Å². The van der Waals surface area contributed by atoms with Crippen molar-refractivity contribution in [3.8, 4) is 0 Å². The molecule has 1 amide bonds. The SMILES string of the molecule is CSCCn1cc(Nc2ncc(C(N)=O)c(NCc3c(F)cccc3F)n2)cn1. The van der Waals surface area contributed by atoms with Crippen LogP contribution in [0, 0.1) is 11.6 Å². The summed E-state index contributed by atoms with van der Waals surface area (Å²) in [5.41, 5.74) is 5.84. The first-order chi connectivity index (χ1) is 14.0. The van der Waals surface area contributed by atoms with E-state index in [0.29, 0.717) is 5.69 Å². The van der Waals surface area contributed by atoms with Crippen LogP contribution < -0.4 is 16.4 Å². The summed E-state index contributed by atoms with van der Waals surface area (Å²) in [7, 11) is 0. The molecule has 0 bridgehead atoms. The van der Waals surface area contributed by atoms with Crippen molar-refractivity contribution in [2.75, 3.05) is 22.6 Å². The van der Waals surface area contributed by atoms with Crippen molar-refractivity contribution in [2.24, 2.45) is 5.73 Å². The number of aromatic nitrogens is 4. The molecular formula is C18H19F2N7OS. The van der Waals surface area contributed by atoms with Crippen LogP contribution in [0.5, 0.6) is 0 Å². The fraction of sp³-hybridized carbons (Fsp3) is 0.222. The predicted octanol–water partition coefficient (Wildman–Crippen LogP) is 2.77. The summed E-state index contributed by atoms with van der Waals surface area (Å²) in [5, 5.41) is 9.96. The molecule has 1 aromatic carbocycles. The van der Waals surface area contributed by atoms with Gasteiger partial charge < -0.3 is 16.4 Å². The Morgan fingerprint density at radius 2 is 2.03 bits per heavy atom. The van der Waals surface area contributed by atoms with Gasteiger partial charge in [0.2, 0.25) is 5.95 Å². The summed E-state index contributed by atoms with van der Waals surface area (Å²) >= 11 is 1.71. The first-order valence-electron chi connectivity index (χ1n) is 8.60. The summed E-state index contributed by atoms with van der Waals surface area (Å²) in [5.74, 6) is -1.02. The van der Waals surface area contributed by atoms with Crippen LogP contribution in [-0.4, -0.2) is 37.7 Å². The Morgan fingerprint density at radius 3 is 2.72 bits per heavy atom. The molecule has 29 heavy (non-hydrogen) atoms. The maximum atomic E-state index is 13.8. The summed E-state index contributed by atoms with van der Waals surface area (Å²) in [6.45, 7) is 0.535. The Hall–Kier alpha value is -3.21. The molecular weight excluding hydrogens is 400 g/mol. The molecule has 0 radical (unpaired) electrons. The number of nitrogens with two attached hydrogens (primary N) is 1. The molecule has 3 rings (SSSR count). The van der Waals surface area contributed by atoms with Gasteiger partial charge in [0, 0.05) is 30.3 Å². The number of hydrogen-bond acceptors (Lipinski definition) is 7. The van der Waals surface area contributed by atoms with Crippen LogP contribution in [0.25, 0.3) is 0 Å². The predicted molar refractivity (Wildman–Crippen MR) is 108 cm³/mol. The van der Waals surface area contributed by atoms with E-state index in [1.54, 1.807) is 28.8 Å². The van der Waals surface area contributed by atoms with E-state index in [9.17, 15) is 13.6 Å². The summed E-state index contributed by atoms with van der Waals surface area (Å²) in [6.07, 6.45) is 6.67. The van der Waals surface area contributed by atoms with Crippen LogP contribution >= 0.6 is 11.8 Å². The lowest BCUT2D eigenvalue weighted by molar-refractivity contribution is 0.100. The molecule has 3 aromatic rings. The van der Waals surface area contributed by atoms with Crippen LogP contribution in [0.15, 0.2) is 36.8 Å². The number of rotatable bonds is 9. The second kappa shape index (κ2) is 9.32. The van der Waals surface area contributed by atoms with E-state index in [0.717, 1.165) is 24.4 Å². The Labute approximate surface area is 169 Å². The van der Waals surface area contributed by atoms with Crippen LogP contribution in [-0.2, 0) is 13.1 Å². The molecule has 0 aliphatic carbocycles. The third-order valence-electron chi connectivity index (χ3n) is 3.96. The van der Waals surface area contributed by atoms with Crippen molar-refractivity contribution < 1.29 is 13.6 Å². The van der Waals surface area contributed by atoms with Crippen LogP contribution in [0.1, 0.15) is 15.9 Å². The lowest BCUT2D eigenvalue weighted by Crippen LogP contribution is -2.17. The van der Waals surface area contributed by atoms with E-state index < -0.39 is 17.5 Å². The van der Waals surface area contributed by atoms with Gasteiger partial charge >= 0.3 is 0 Å². The minimum Gasteiger partial charge on any atom is -0.365 e. The van der Waals surface area contributed by atoms with Gasteiger partial charge in [0.15, 0.2) is 0 Å². The molecule has 152 valence electrons. The maximum Gasteiger partial charge on any atom is 0.254 e. The third-order valence-corrected chi connectivity index (χ3v) is 4.55. The second-order valence-electron chi connectivity index (χ2n) is 5.98. The molecule has 0 fully saturated rings. The number of thioether (sulfide) groups is 1. The number of aryl methyl sites for hydroxylation is 1. The molecule has 0 atom stereocenters. The van der Waals surface area contributed by atoms with Crippen molar-refractivity contribution in [1.82, 2.24) is 19.7 Å². The van der Waals surface area contributed by atoms with Gasteiger partial charge in [-0.2, -0.15) is 21.8 Å². The number of carbonyl (C=O) groups is 1. The van der Waals surface area contributed by atoms with Crippen molar-refractivity contribution >= 4 is 35.1 Å². The number of hydrogen-bond donors (Lipinski definition) is 3. The molecule has 0 saturated carbocycles. The minimum atomic E-state index is -0.766. The van der Waals surface area contributed by atoms with Crippen molar-refractivity contribution in [2.45, 2.75) is 13.1 Å². The molecule has 0 spiro atoms. The number of primary amides is 1. The van der Waals surface area contributed by atoms with E-state index in [2.05, 4.69) is 25.7 Å². The van der Waals surface area contributed by atoms with Crippen LogP contribution in [0.4, 0.5) is 26.2 Å². The molecule has 0 aliphatic heterocycles. The number of nitrogens with one attached hydrogen (secondary N) is 2. The van der Waals surface area contributed by atoms with Gasteiger partial charge in [0.25, 0.3) is 5.91 Å². The highest BCUT2D eigenvalue weighted by atomic mass is 32.2.